The van der Waals surface area contributed by atoms with Crippen LogP contribution in [0, 0.1) is 11.6 Å². The Bertz CT molecular complexity index is 954. The first-order chi connectivity index (χ1) is 13.4. The zero-order chi connectivity index (χ0) is 21.6. The Labute approximate surface area is 162 Å². The van der Waals surface area contributed by atoms with Gasteiger partial charge in [0.05, 0.1) is 11.9 Å². The maximum absolute atomic E-state index is 14.1. The molecule has 2 atom stereocenters. The second-order valence-corrected chi connectivity index (χ2v) is 6.92. The number of hydrogen-bond acceptors (Lipinski definition) is 4. The van der Waals surface area contributed by atoms with Crippen LogP contribution in [0.1, 0.15) is 25.0 Å². The molecule has 1 fully saturated rings. The van der Waals surface area contributed by atoms with Gasteiger partial charge in [-0.2, -0.15) is 18.3 Å². The summed E-state index contributed by atoms with van der Waals surface area (Å²) in [5, 5.41) is 13.6. The van der Waals surface area contributed by atoms with Gasteiger partial charge in [-0.25, -0.2) is 18.4 Å². The van der Waals surface area contributed by atoms with E-state index in [2.05, 4.69) is 16.7 Å². The van der Waals surface area contributed by atoms with Gasteiger partial charge in [0.1, 0.15) is 5.82 Å². The lowest BCUT2D eigenvalue weighted by Crippen LogP contribution is -2.57. The van der Waals surface area contributed by atoms with E-state index in [1.54, 1.807) is 6.07 Å². The molecule has 11 heteroatoms. The zero-order valence-electron chi connectivity index (χ0n) is 15.2. The Morgan fingerprint density at radius 3 is 2.62 bits per heavy atom. The van der Waals surface area contributed by atoms with Gasteiger partial charge < -0.3 is 10.0 Å². The molecular weight excluding hydrogens is 399 g/mol. The minimum Gasteiger partial charge on any atom is -0.373 e. The number of halogens is 5. The maximum atomic E-state index is 14.1. The Morgan fingerprint density at radius 2 is 2.03 bits per heavy atom. The minimum absolute atomic E-state index is 0.0841. The molecule has 3 heterocycles. The Morgan fingerprint density at radius 1 is 1.34 bits per heavy atom. The van der Waals surface area contributed by atoms with E-state index in [4.69, 9.17) is 0 Å². The van der Waals surface area contributed by atoms with E-state index in [1.165, 1.54) is 6.20 Å². The van der Waals surface area contributed by atoms with Crippen LogP contribution < -0.4 is 0 Å². The van der Waals surface area contributed by atoms with E-state index in [1.807, 2.05) is 0 Å². The Hall–Kier alpha value is -2.82. The number of likely N-dealkylation sites (tertiary alicyclic amines) is 1. The predicted molar refractivity (Wildman–Crippen MR) is 91.0 cm³/mol. The number of pyridine rings is 1. The second-order valence-electron chi connectivity index (χ2n) is 6.92. The van der Waals surface area contributed by atoms with Crippen molar-refractivity contribution < 1.29 is 31.9 Å². The first-order valence-corrected chi connectivity index (χ1v) is 8.55. The number of piperidine rings is 1. The lowest BCUT2D eigenvalue weighted by atomic mass is 9.88. The number of carbonyl (C=O) groups is 1. The maximum Gasteiger partial charge on any atom is 0.426 e. The molecule has 0 aliphatic carbocycles. The number of rotatable bonds is 3. The summed E-state index contributed by atoms with van der Waals surface area (Å²) in [6.45, 7) is 3.93. The van der Waals surface area contributed by atoms with Crippen LogP contribution in [0.15, 0.2) is 36.7 Å². The van der Waals surface area contributed by atoms with Gasteiger partial charge in [-0.3, -0.25) is 4.79 Å². The Kier molecular flexibility index (Phi) is 5.20. The third-order valence-corrected chi connectivity index (χ3v) is 4.85. The molecule has 1 amide bonds. The molecule has 1 aliphatic heterocycles. The van der Waals surface area contributed by atoms with E-state index >= 15 is 0 Å². The normalized spacial score (nSPS) is 19.9. The number of hydrogen-bond donors (Lipinski definition) is 1. The van der Waals surface area contributed by atoms with Crippen molar-refractivity contribution in [2.45, 2.75) is 31.0 Å². The van der Waals surface area contributed by atoms with Crippen LogP contribution in [0.2, 0.25) is 0 Å². The van der Waals surface area contributed by atoms with E-state index in [-0.39, 0.29) is 25.3 Å². The van der Waals surface area contributed by atoms with Crippen LogP contribution in [-0.2, 0) is 4.79 Å². The first-order valence-electron chi connectivity index (χ1n) is 8.55. The highest BCUT2D eigenvalue weighted by Crippen LogP contribution is 2.36. The third kappa shape index (κ3) is 3.74. The molecule has 0 spiro atoms. The molecular formula is C18H17F5N4O2. The molecule has 0 bridgehead atoms. The number of aliphatic hydroxyl groups is 1. The van der Waals surface area contributed by atoms with Gasteiger partial charge in [-0.1, -0.05) is 6.58 Å². The zero-order valence-corrected chi connectivity index (χ0v) is 15.2. The number of aromatic nitrogens is 3. The lowest BCUT2D eigenvalue weighted by Gasteiger charge is -2.38. The van der Waals surface area contributed by atoms with E-state index in [0.717, 1.165) is 15.8 Å². The van der Waals surface area contributed by atoms with Crippen molar-refractivity contribution in [3.8, 4) is 5.82 Å². The van der Waals surface area contributed by atoms with Crippen molar-refractivity contribution >= 4 is 5.91 Å². The quantitative estimate of drug-likeness (QED) is 0.617. The SMILES string of the molecule is C=C1CN(C(=O)[C@@](C)(O)C(F)(F)F)CCC1c1ccnn1-c1ncc(F)cc1F. The van der Waals surface area contributed by atoms with Crippen molar-refractivity contribution in [1.29, 1.82) is 0 Å². The molecule has 1 saturated heterocycles. The van der Waals surface area contributed by atoms with Crippen LogP contribution >= 0.6 is 0 Å². The second kappa shape index (κ2) is 7.21. The van der Waals surface area contributed by atoms with Crippen LogP contribution in [0.5, 0.6) is 0 Å². The molecule has 0 saturated carbocycles. The largest absolute Gasteiger partial charge is 0.426 e. The van der Waals surface area contributed by atoms with Gasteiger partial charge >= 0.3 is 6.18 Å². The highest BCUT2D eigenvalue weighted by atomic mass is 19.4. The first kappa shape index (κ1) is 20.9. The predicted octanol–water partition coefficient (Wildman–Crippen LogP) is 2.73. The molecule has 1 unspecified atom stereocenters. The third-order valence-electron chi connectivity index (χ3n) is 4.85. The fraction of sp³-hybridized carbons (Fsp3) is 0.389. The van der Waals surface area contributed by atoms with Crippen molar-refractivity contribution in [2.75, 3.05) is 13.1 Å². The molecule has 1 N–H and O–H groups in total. The van der Waals surface area contributed by atoms with Crippen LogP contribution in [0.4, 0.5) is 22.0 Å². The molecule has 6 nitrogen and oxygen atoms in total. The molecule has 3 rings (SSSR count). The summed E-state index contributed by atoms with van der Waals surface area (Å²) in [7, 11) is 0. The molecule has 0 aromatic carbocycles. The van der Waals surface area contributed by atoms with Crippen LogP contribution in [0.3, 0.4) is 0 Å². The summed E-state index contributed by atoms with van der Waals surface area (Å²) < 4.78 is 67.2. The summed E-state index contributed by atoms with van der Waals surface area (Å²) >= 11 is 0. The number of amides is 1. The molecule has 156 valence electrons. The van der Waals surface area contributed by atoms with Gasteiger partial charge in [0.15, 0.2) is 11.6 Å². The molecule has 2 aromatic rings. The average molecular weight is 416 g/mol. The van der Waals surface area contributed by atoms with Gasteiger partial charge in [0.2, 0.25) is 5.60 Å². The Balaban J connectivity index is 1.83. The van der Waals surface area contributed by atoms with Gasteiger partial charge in [-0.15, -0.1) is 0 Å². The van der Waals surface area contributed by atoms with Crippen LogP contribution in [-0.4, -0.2) is 55.5 Å². The van der Waals surface area contributed by atoms with Gasteiger partial charge in [0, 0.05) is 31.3 Å². The minimum atomic E-state index is -5.12. The molecule has 29 heavy (non-hydrogen) atoms. The van der Waals surface area contributed by atoms with Crippen molar-refractivity contribution in [1.82, 2.24) is 19.7 Å². The van der Waals surface area contributed by atoms with Gasteiger partial charge in [-0.05, 0) is 25.0 Å². The lowest BCUT2D eigenvalue weighted by molar-refractivity contribution is -0.250. The fourth-order valence-corrected chi connectivity index (χ4v) is 3.20. The van der Waals surface area contributed by atoms with E-state index < -0.39 is 35.2 Å². The summed E-state index contributed by atoms with van der Waals surface area (Å²) in [6.07, 6.45) is -2.74. The van der Waals surface area contributed by atoms with Crippen LogP contribution in [0.25, 0.3) is 5.82 Å². The summed E-state index contributed by atoms with van der Waals surface area (Å²) in [5.74, 6) is -3.95. The van der Waals surface area contributed by atoms with Crippen molar-refractivity contribution in [3.63, 3.8) is 0 Å². The summed E-state index contributed by atoms with van der Waals surface area (Å²) in [5.41, 5.74) is -2.68. The van der Waals surface area contributed by atoms with E-state index in [9.17, 15) is 31.9 Å². The van der Waals surface area contributed by atoms with Crippen molar-refractivity contribution in [2.24, 2.45) is 0 Å². The molecule has 0 radical (unpaired) electrons. The molecule has 2 aromatic heterocycles. The number of alkyl halides is 3. The number of nitrogens with zero attached hydrogens (tertiary/aromatic N) is 4. The van der Waals surface area contributed by atoms with E-state index in [0.29, 0.717) is 24.3 Å². The smallest absolute Gasteiger partial charge is 0.373 e. The van der Waals surface area contributed by atoms with Gasteiger partial charge in [0.25, 0.3) is 5.91 Å². The average Bonchev–Trinajstić information content (AvgIpc) is 3.09. The summed E-state index contributed by atoms with van der Waals surface area (Å²) in [4.78, 5) is 16.8. The highest BCUT2D eigenvalue weighted by Gasteiger charge is 2.57. The number of carbonyl (C=O) groups excluding carboxylic acids is 1. The topological polar surface area (TPSA) is 71.2 Å². The summed E-state index contributed by atoms with van der Waals surface area (Å²) in [6, 6.07) is 2.22. The van der Waals surface area contributed by atoms with Crippen molar-refractivity contribution in [3.05, 3.63) is 54.0 Å². The standard InChI is InChI=1S/C18H17F5N4O2/c1-10-9-26(16(28)17(2,29)18(21,22)23)6-4-12(10)14-3-5-25-27(14)15-13(20)7-11(19)8-24-15/h3,5,7-8,12,29H,1,4,6,9H2,2H3/t12?,17-/m1/s1. The highest BCUT2D eigenvalue weighted by molar-refractivity contribution is 5.86. The fourth-order valence-electron chi connectivity index (χ4n) is 3.20. The monoisotopic (exact) mass is 416 g/mol. The molecule has 1 aliphatic rings.